The summed E-state index contributed by atoms with van der Waals surface area (Å²) in [5.74, 6) is -1.95. The first-order valence-corrected chi connectivity index (χ1v) is 5.27. The van der Waals surface area contributed by atoms with Gasteiger partial charge in [-0.2, -0.15) is 0 Å². The molecule has 0 unspecified atom stereocenters. The van der Waals surface area contributed by atoms with E-state index in [2.05, 4.69) is 0 Å². The van der Waals surface area contributed by atoms with Gasteiger partial charge in [0, 0.05) is 20.2 Å². The van der Waals surface area contributed by atoms with Crippen LogP contribution in [0.2, 0.25) is 0 Å². The zero-order valence-corrected chi connectivity index (χ0v) is 10.1. The zero-order valence-electron chi connectivity index (χ0n) is 10.1. The van der Waals surface area contributed by atoms with Crippen LogP contribution in [0.3, 0.4) is 0 Å². The van der Waals surface area contributed by atoms with Gasteiger partial charge in [-0.25, -0.2) is 9.18 Å². The number of carbonyl (C=O) groups is 2. The number of benzene rings is 1. The summed E-state index contributed by atoms with van der Waals surface area (Å²) in [5.41, 5.74) is -0.191. The van der Waals surface area contributed by atoms with Gasteiger partial charge in [-0.1, -0.05) is 0 Å². The number of hydrogen-bond acceptors (Lipinski definition) is 3. The first-order valence-electron chi connectivity index (χ1n) is 5.27. The van der Waals surface area contributed by atoms with Crippen LogP contribution in [0.4, 0.5) is 4.39 Å². The molecule has 98 valence electrons. The van der Waals surface area contributed by atoms with Gasteiger partial charge in [-0.05, 0) is 12.1 Å². The summed E-state index contributed by atoms with van der Waals surface area (Å²) in [6.45, 7) is 0.0690. The van der Waals surface area contributed by atoms with Crippen molar-refractivity contribution in [3.63, 3.8) is 0 Å². The van der Waals surface area contributed by atoms with E-state index in [1.54, 1.807) is 14.1 Å². The van der Waals surface area contributed by atoms with Crippen molar-refractivity contribution < 1.29 is 23.8 Å². The highest BCUT2D eigenvalue weighted by molar-refractivity contribution is 5.88. The summed E-state index contributed by atoms with van der Waals surface area (Å²) in [7, 11) is 3.24. The van der Waals surface area contributed by atoms with Gasteiger partial charge in [-0.15, -0.1) is 0 Å². The van der Waals surface area contributed by atoms with E-state index < -0.39 is 11.8 Å². The molecule has 5 nitrogen and oxygen atoms in total. The monoisotopic (exact) mass is 255 g/mol. The topological polar surface area (TPSA) is 66.8 Å². The van der Waals surface area contributed by atoms with Crippen molar-refractivity contribution in [2.75, 3.05) is 20.7 Å². The molecule has 0 aromatic heterocycles. The lowest BCUT2D eigenvalue weighted by Gasteiger charge is -2.11. The Morgan fingerprint density at radius 2 is 2.00 bits per heavy atom. The molecule has 0 aliphatic rings. The normalized spacial score (nSPS) is 9.94. The maximum absolute atomic E-state index is 13.1. The fraction of sp³-hybridized carbons (Fsp3) is 0.333. The van der Waals surface area contributed by atoms with E-state index in [0.717, 1.165) is 12.1 Å². The van der Waals surface area contributed by atoms with E-state index in [1.807, 2.05) is 0 Å². The molecule has 0 aliphatic heterocycles. The van der Waals surface area contributed by atoms with Crippen LogP contribution in [-0.4, -0.2) is 42.6 Å². The molecule has 0 saturated heterocycles. The van der Waals surface area contributed by atoms with Gasteiger partial charge < -0.3 is 14.7 Å². The SMILES string of the molecule is CN(C)C(=O)CCOc1cc(F)cc(C(=O)O)c1. The number of ether oxygens (including phenoxy) is 1. The molecule has 6 heteroatoms. The van der Waals surface area contributed by atoms with E-state index in [0.29, 0.717) is 0 Å². The Balaban J connectivity index is 2.62. The van der Waals surface area contributed by atoms with Crippen LogP contribution in [0, 0.1) is 5.82 Å². The summed E-state index contributed by atoms with van der Waals surface area (Å²) in [5, 5.41) is 8.74. The number of amides is 1. The smallest absolute Gasteiger partial charge is 0.335 e. The lowest BCUT2D eigenvalue weighted by molar-refractivity contribution is -0.129. The third-order valence-electron chi connectivity index (χ3n) is 2.20. The predicted molar refractivity (Wildman–Crippen MR) is 62.2 cm³/mol. The molecule has 1 N–H and O–H groups in total. The number of rotatable bonds is 5. The molecule has 0 atom stereocenters. The number of aromatic carboxylic acids is 1. The van der Waals surface area contributed by atoms with Crippen LogP contribution >= 0.6 is 0 Å². The summed E-state index contributed by atoms with van der Waals surface area (Å²) in [6.07, 6.45) is 0.145. The number of nitrogens with zero attached hydrogens (tertiary/aromatic N) is 1. The lowest BCUT2D eigenvalue weighted by atomic mass is 10.2. The molecule has 0 fully saturated rings. The average molecular weight is 255 g/mol. The fourth-order valence-electron chi connectivity index (χ4n) is 1.25. The summed E-state index contributed by atoms with van der Waals surface area (Å²) in [4.78, 5) is 23.4. The second-order valence-electron chi connectivity index (χ2n) is 3.87. The number of halogens is 1. The maximum Gasteiger partial charge on any atom is 0.335 e. The Morgan fingerprint density at radius 1 is 1.33 bits per heavy atom. The Bertz CT molecular complexity index is 459. The highest BCUT2D eigenvalue weighted by Crippen LogP contribution is 2.16. The molecular weight excluding hydrogens is 241 g/mol. The van der Waals surface area contributed by atoms with E-state index in [4.69, 9.17) is 9.84 Å². The molecule has 1 aromatic rings. The minimum Gasteiger partial charge on any atom is -0.493 e. The van der Waals surface area contributed by atoms with E-state index in [1.165, 1.54) is 11.0 Å². The van der Waals surface area contributed by atoms with Gasteiger partial charge >= 0.3 is 5.97 Å². The Hall–Kier alpha value is -2.11. The van der Waals surface area contributed by atoms with Gasteiger partial charge in [0.15, 0.2) is 0 Å². The minimum absolute atomic E-state index is 0.0690. The van der Waals surface area contributed by atoms with Crippen molar-refractivity contribution in [3.05, 3.63) is 29.6 Å². The van der Waals surface area contributed by atoms with Crippen LogP contribution < -0.4 is 4.74 Å². The van der Waals surface area contributed by atoms with E-state index in [9.17, 15) is 14.0 Å². The Kier molecular flexibility index (Phi) is 4.65. The standard InChI is InChI=1S/C12H14FNO4/c1-14(2)11(15)3-4-18-10-6-8(12(16)17)5-9(13)7-10/h5-7H,3-4H2,1-2H3,(H,16,17). The Labute approximate surface area is 104 Å². The van der Waals surface area contributed by atoms with Crippen LogP contribution in [0.5, 0.6) is 5.75 Å². The molecule has 0 heterocycles. The van der Waals surface area contributed by atoms with E-state index >= 15 is 0 Å². The zero-order chi connectivity index (χ0) is 13.7. The molecule has 0 aliphatic carbocycles. The van der Waals surface area contributed by atoms with Crippen LogP contribution in [-0.2, 0) is 4.79 Å². The van der Waals surface area contributed by atoms with Crippen LogP contribution in [0.1, 0.15) is 16.8 Å². The van der Waals surface area contributed by atoms with Crippen molar-refractivity contribution in [1.82, 2.24) is 4.90 Å². The molecule has 0 bridgehead atoms. The molecule has 0 saturated carbocycles. The van der Waals surface area contributed by atoms with Crippen molar-refractivity contribution in [1.29, 1.82) is 0 Å². The average Bonchev–Trinajstić information content (AvgIpc) is 2.27. The van der Waals surface area contributed by atoms with Crippen molar-refractivity contribution >= 4 is 11.9 Å². The summed E-state index contributed by atoms with van der Waals surface area (Å²) >= 11 is 0. The van der Waals surface area contributed by atoms with Crippen molar-refractivity contribution in [3.8, 4) is 5.75 Å². The molecular formula is C12H14FNO4. The van der Waals surface area contributed by atoms with Gasteiger partial charge in [-0.3, -0.25) is 4.79 Å². The number of carbonyl (C=O) groups excluding carboxylic acids is 1. The first-order chi connectivity index (χ1) is 8.40. The van der Waals surface area contributed by atoms with Gasteiger partial charge in [0.05, 0.1) is 18.6 Å². The molecule has 18 heavy (non-hydrogen) atoms. The Morgan fingerprint density at radius 3 is 2.56 bits per heavy atom. The molecule has 0 radical (unpaired) electrons. The summed E-state index contributed by atoms with van der Waals surface area (Å²) < 4.78 is 18.2. The second kappa shape index (κ2) is 6.00. The summed E-state index contributed by atoms with van der Waals surface area (Å²) in [6, 6.07) is 3.19. The predicted octanol–water partition coefficient (Wildman–Crippen LogP) is 1.38. The third-order valence-corrected chi connectivity index (χ3v) is 2.20. The number of carboxylic acids is 1. The van der Waals surface area contributed by atoms with Crippen LogP contribution in [0.25, 0.3) is 0 Å². The fourth-order valence-corrected chi connectivity index (χ4v) is 1.25. The molecule has 1 rings (SSSR count). The number of carboxylic acid groups (broad SMARTS) is 1. The van der Waals surface area contributed by atoms with Crippen molar-refractivity contribution in [2.24, 2.45) is 0 Å². The quantitative estimate of drug-likeness (QED) is 0.863. The highest BCUT2D eigenvalue weighted by atomic mass is 19.1. The largest absolute Gasteiger partial charge is 0.493 e. The lowest BCUT2D eigenvalue weighted by Crippen LogP contribution is -2.23. The molecule has 1 aromatic carbocycles. The van der Waals surface area contributed by atoms with Gasteiger partial charge in [0.2, 0.25) is 5.91 Å². The second-order valence-corrected chi connectivity index (χ2v) is 3.87. The highest BCUT2D eigenvalue weighted by Gasteiger charge is 2.09. The van der Waals surface area contributed by atoms with Crippen molar-refractivity contribution in [2.45, 2.75) is 6.42 Å². The van der Waals surface area contributed by atoms with E-state index in [-0.39, 0.29) is 30.2 Å². The third kappa shape index (κ3) is 4.04. The maximum atomic E-state index is 13.1. The van der Waals surface area contributed by atoms with Gasteiger partial charge in [0.25, 0.3) is 0 Å². The van der Waals surface area contributed by atoms with Gasteiger partial charge in [0.1, 0.15) is 11.6 Å². The number of hydrogen-bond donors (Lipinski definition) is 1. The van der Waals surface area contributed by atoms with Crippen LogP contribution in [0.15, 0.2) is 18.2 Å². The first kappa shape index (κ1) is 14.0. The molecule has 0 spiro atoms. The minimum atomic E-state index is -1.23. The molecule has 1 amide bonds.